The number of likely N-dealkylation sites (tertiary alicyclic amines) is 1. The van der Waals surface area contributed by atoms with Gasteiger partial charge in [0, 0.05) is 37.8 Å². The Morgan fingerprint density at radius 1 is 0.853 bits per heavy atom. The van der Waals surface area contributed by atoms with Gasteiger partial charge in [-0.25, -0.2) is 0 Å². The molecule has 1 aromatic carbocycles. The smallest absolute Gasteiger partial charge is 0.250 e. The summed E-state index contributed by atoms with van der Waals surface area (Å²) in [5, 5.41) is 0. The van der Waals surface area contributed by atoms with Crippen molar-refractivity contribution in [2.24, 2.45) is 0 Å². The monoisotopic (exact) mass is 469 g/mol. The molecule has 4 aliphatic rings. The molecule has 0 atom stereocenters. The van der Waals surface area contributed by atoms with Crippen molar-refractivity contribution in [3.8, 4) is 0 Å². The van der Waals surface area contributed by atoms with Crippen LogP contribution in [0.2, 0.25) is 0 Å². The number of benzene rings is 1. The zero-order valence-electron chi connectivity index (χ0n) is 20.8. The van der Waals surface area contributed by atoms with E-state index in [0.29, 0.717) is 38.4 Å². The van der Waals surface area contributed by atoms with Gasteiger partial charge in [-0.15, -0.1) is 0 Å². The summed E-state index contributed by atoms with van der Waals surface area (Å²) in [7, 11) is 0. The molecule has 0 N–H and O–H groups in total. The Kier molecular flexibility index (Phi) is 8.08. The highest BCUT2D eigenvalue weighted by Gasteiger charge is 2.54. The number of amides is 1. The number of piperidine rings is 1. The second-order valence-corrected chi connectivity index (χ2v) is 10.7. The third kappa shape index (κ3) is 5.29. The summed E-state index contributed by atoms with van der Waals surface area (Å²) in [5.41, 5.74) is 0.754. The lowest BCUT2D eigenvalue weighted by Gasteiger charge is -2.45. The number of rotatable bonds is 5. The molecule has 0 unspecified atom stereocenters. The maximum absolute atomic E-state index is 13.9. The van der Waals surface area contributed by atoms with Gasteiger partial charge in [0.2, 0.25) is 5.91 Å². The fraction of sp³-hybridized carbons (Fsp3) is 0.750. The molecule has 34 heavy (non-hydrogen) atoms. The molecule has 5 rings (SSSR count). The lowest BCUT2D eigenvalue weighted by Crippen LogP contribution is -2.58. The van der Waals surface area contributed by atoms with Crippen molar-refractivity contribution in [3.05, 3.63) is 30.3 Å². The Hall–Kier alpha value is -1.63. The molecular weight excluding hydrogens is 426 g/mol. The van der Waals surface area contributed by atoms with Gasteiger partial charge in [-0.2, -0.15) is 0 Å². The molecule has 1 saturated carbocycles. The quantitative estimate of drug-likeness (QED) is 0.621. The fourth-order valence-corrected chi connectivity index (χ4v) is 6.62. The third-order valence-corrected chi connectivity index (χ3v) is 8.62. The van der Waals surface area contributed by atoms with E-state index in [1.54, 1.807) is 0 Å². The number of nitrogens with zero attached hydrogens (tertiary/aromatic N) is 3. The van der Waals surface area contributed by atoms with E-state index in [1.807, 2.05) is 0 Å². The minimum absolute atomic E-state index is 0.163. The van der Waals surface area contributed by atoms with Gasteiger partial charge in [0.15, 0.2) is 6.29 Å². The fourth-order valence-electron chi connectivity index (χ4n) is 6.62. The Bertz CT molecular complexity index is 764. The van der Waals surface area contributed by atoms with E-state index in [2.05, 4.69) is 45.0 Å². The summed E-state index contributed by atoms with van der Waals surface area (Å²) in [5.74, 6) is 0.306. The van der Waals surface area contributed by atoms with Crippen LogP contribution in [0, 0.1) is 0 Å². The second kappa shape index (κ2) is 11.4. The van der Waals surface area contributed by atoms with Gasteiger partial charge >= 0.3 is 0 Å². The first-order valence-corrected chi connectivity index (χ1v) is 13.9. The minimum atomic E-state index is -0.411. The van der Waals surface area contributed by atoms with E-state index in [9.17, 15) is 4.79 Å². The van der Waals surface area contributed by atoms with Crippen molar-refractivity contribution in [2.75, 3.05) is 44.4 Å². The highest BCUT2D eigenvalue weighted by atomic mass is 16.7. The number of ether oxygens (including phenoxy) is 2. The number of anilines is 1. The van der Waals surface area contributed by atoms with Crippen LogP contribution in [-0.2, 0) is 14.3 Å². The molecule has 3 aliphatic heterocycles. The van der Waals surface area contributed by atoms with Gasteiger partial charge in [0.1, 0.15) is 5.54 Å². The zero-order valence-corrected chi connectivity index (χ0v) is 20.8. The van der Waals surface area contributed by atoms with Crippen LogP contribution in [0.4, 0.5) is 5.69 Å². The Labute approximate surface area is 205 Å². The van der Waals surface area contributed by atoms with E-state index >= 15 is 0 Å². The molecule has 1 amide bonds. The lowest BCUT2D eigenvalue weighted by molar-refractivity contribution is -0.134. The summed E-state index contributed by atoms with van der Waals surface area (Å²) in [6, 6.07) is 11.3. The molecule has 4 fully saturated rings. The molecule has 3 saturated heterocycles. The standard InChI is InChI=1S/C28H43N3O3/c32-27-28(16-19-29(20-17-28)24-11-7-4-2-1-3-5-8-12-24)31(25-13-9-6-10-14-25)23-30(27)18-15-26-33-21-22-34-26/h6,9-10,13-14,24,26H,1-5,7-8,11-12,15-23H2. The van der Waals surface area contributed by atoms with E-state index in [1.165, 1.54) is 63.5 Å². The molecular formula is C28H43N3O3. The van der Waals surface area contributed by atoms with Crippen LogP contribution in [0.15, 0.2) is 30.3 Å². The number of carbonyl (C=O) groups excluding carboxylic acids is 1. The van der Waals surface area contributed by atoms with Crippen molar-refractivity contribution >= 4 is 11.6 Å². The van der Waals surface area contributed by atoms with Crippen molar-refractivity contribution < 1.29 is 14.3 Å². The van der Waals surface area contributed by atoms with Gasteiger partial charge in [0.25, 0.3) is 0 Å². The van der Waals surface area contributed by atoms with Crippen LogP contribution in [0.3, 0.4) is 0 Å². The molecule has 0 bridgehead atoms. The summed E-state index contributed by atoms with van der Waals surface area (Å²) in [4.78, 5) is 21.1. The van der Waals surface area contributed by atoms with Crippen LogP contribution in [0.5, 0.6) is 0 Å². The van der Waals surface area contributed by atoms with Crippen molar-refractivity contribution in [3.63, 3.8) is 0 Å². The lowest BCUT2D eigenvalue weighted by atomic mass is 9.84. The van der Waals surface area contributed by atoms with Gasteiger partial charge in [-0.1, -0.05) is 63.1 Å². The van der Waals surface area contributed by atoms with E-state index in [0.717, 1.165) is 32.4 Å². The predicted octanol–water partition coefficient (Wildman–Crippen LogP) is 4.78. The molecule has 1 aliphatic carbocycles. The first-order chi connectivity index (χ1) is 16.8. The van der Waals surface area contributed by atoms with Crippen LogP contribution in [-0.4, -0.2) is 73.1 Å². The highest BCUT2D eigenvalue weighted by molar-refractivity contribution is 5.93. The van der Waals surface area contributed by atoms with Crippen molar-refractivity contribution in [1.82, 2.24) is 9.80 Å². The molecule has 0 radical (unpaired) electrons. The van der Waals surface area contributed by atoms with E-state index in [-0.39, 0.29) is 6.29 Å². The topological polar surface area (TPSA) is 45.3 Å². The van der Waals surface area contributed by atoms with E-state index in [4.69, 9.17) is 9.47 Å². The minimum Gasteiger partial charge on any atom is -0.350 e. The second-order valence-electron chi connectivity index (χ2n) is 10.7. The SMILES string of the molecule is O=C1N(CCC2OCCO2)CN(c2ccccc2)C12CCN(C1CCCCCCCCC1)CC2. The molecule has 1 aromatic rings. The molecule has 6 heteroatoms. The maximum atomic E-state index is 13.9. The first kappa shape index (κ1) is 24.1. The normalized spacial score (nSPS) is 25.9. The van der Waals surface area contributed by atoms with Gasteiger partial charge in [0.05, 0.1) is 19.9 Å². The average Bonchev–Trinajstić information content (AvgIpc) is 3.50. The Morgan fingerprint density at radius 2 is 1.47 bits per heavy atom. The highest BCUT2D eigenvalue weighted by Crippen LogP contribution is 2.40. The summed E-state index contributed by atoms with van der Waals surface area (Å²) >= 11 is 0. The largest absolute Gasteiger partial charge is 0.350 e. The molecule has 3 heterocycles. The molecule has 188 valence electrons. The summed E-state index contributed by atoms with van der Waals surface area (Å²) in [6.45, 7) is 4.75. The summed E-state index contributed by atoms with van der Waals surface area (Å²) in [6.07, 6.45) is 14.8. The Balaban J connectivity index is 1.27. The number of carbonyl (C=O) groups is 1. The maximum Gasteiger partial charge on any atom is 0.250 e. The summed E-state index contributed by atoms with van der Waals surface area (Å²) < 4.78 is 11.3. The van der Waals surface area contributed by atoms with Gasteiger partial charge in [-0.05, 0) is 37.8 Å². The van der Waals surface area contributed by atoms with Crippen LogP contribution < -0.4 is 4.90 Å². The third-order valence-electron chi connectivity index (χ3n) is 8.62. The van der Waals surface area contributed by atoms with E-state index < -0.39 is 5.54 Å². The molecule has 1 spiro atoms. The zero-order chi connectivity index (χ0) is 23.2. The number of para-hydroxylation sites is 1. The molecule has 0 aromatic heterocycles. The molecule has 6 nitrogen and oxygen atoms in total. The Morgan fingerprint density at radius 3 is 2.12 bits per heavy atom. The number of hydrogen-bond donors (Lipinski definition) is 0. The van der Waals surface area contributed by atoms with Crippen LogP contribution >= 0.6 is 0 Å². The van der Waals surface area contributed by atoms with Crippen molar-refractivity contribution in [1.29, 1.82) is 0 Å². The first-order valence-electron chi connectivity index (χ1n) is 13.9. The predicted molar refractivity (Wildman–Crippen MR) is 135 cm³/mol. The number of hydrogen-bond acceptors (Lipinski definition) is 5. The van der Waals surface area contributed by atoms with Gasteiger partial charge < -0.3 is 24.2 Å². The van der Waals surface area contributed by atoms with Crippen molar-refractivity contribution in [2.45, 2.75) is 94.9 Å². The van der Waals surface area contributed by atoms with Crippen LogP contribution in [0.1, 0.15) is 77.0 Å². The van der Waals surface area contributed by atoms with Crippen LogP contribution in [0.25, 0.3) is 0 Å². The average molecular weight is 470 g/mol. The van der Waals surface area contributed by atoms with Gasteiger partial charge in [-0.3, -0.25) is 4.79 Å².